The summed E-state index contributed by atoms with van der Waals surface area (Å²) >= 11 is 6.75. The predicted octanol–water partition coefficient (Wildman–Crippen LogP) is 4.25. The van der Waals surface area contributed by atoms with Gasteiger partial charge >= 0.3 is 0 Å². The van der Waals surface area contributed by atoms with Crippen LogP contribution in [0.5, 0.6) is 0 Å². The molecule has 0 aromatic heterocycles. The van der Waals surface area contributed by atoms with E-state index in [1.807, 2.05) is 12.1 Å². The standard InChI is InChI=1S/C17H16Br2N2O3S/c18-13-6-7-16(15(19)11-13)20-17(22)12-4-3-5-14(10-12)25(23,24)21-8-1-2-9-21/h3-7,10-11H,1-2,8-9H2,(H,20,22). The molecule has 1 saturated heterocycles. The van der Waals surface area contributed by atoms with Crippen LogP contribution in [-0.4, -0.2) is 31.7 Å². The van der Waals surface area contributed by atoms with Gasteiger partial charge in [0.15, 0.2) is 0 Å². The largest absolute Gasteiger partial charge is 0.321 e. The normalized spacial score (nSPS) is 15.3. The fourth-order valence-electron chi connectivity index (χ4n) is 2.66. The van der Waals surface area contributed by atoms with Crippen molar-refractivity contribution in [1.29, 1.82) is 0 Å². The van der Waals surface area contributed by atoms with Crippen LogP contribution < -0.4 is 5.32 Å². The summed E-state index contributed by atoms with van der Waals surface area (Å²) in [6.07, 6.45) is 1.74. The molecular weight excluding hydrogens is 472 g/mol. The molecule has 132 valence electrons. The van der Waals surface area contributed by atoms with Crippen molar-refractivity contribution in [2.75, 3.05) is 18.4 Å². The Morgan fingerprint density at radius 2 is 1.76 bits per heavy atom. The second-order valence-electron chi connectivity index (χ2n) is 5.72. The lowest BCUT2D eigenvalue weighted by atomic mass is 10.2. The van der Waals surface area contributed by atoms with E-state index in [4.69, 9.17) is 0 Å². The van der Waals surface area contributed by atoms with E-state index in [0.717, 1.165) is 21.8 Å². The van der Waals surface area contributed by atoms with E-state index in [0.29, 0.717) is 24.3 Å². The molecule has 0 aliphatic carbocycles. The number of benzene rings is 2. The first-order valence-electron chi connectivity index (χ1n) is 7.74. The van der Waals surface area contributed by atoms with Gasteiger partial charge in [-0.1, -0.05) is 22.0 Å². The molecule has 1 fully saturated rings. The highest BCUT2D eigenvalue weighted by Gasteiger charge is 2.27. The van der Waals surface area contributed by atoms with Crippen LogP contribution in [0.4, 0.5) is 5.69 Å². The van der Waals surface area contributed by atoms with Crippen LogP contribution in [0.25, 0.3) is 0 Å². The van der Waals surface area contributed by atoms with Gasteiger partial charge < -0.3 is 5.32 Å². The van der Waals surface area contributed by atoms with Crippen molar-refractivity contribution in [3.05, 3.63) is 57.0 Å². The van der Waals surface area contributed by atoms with Crippen LogP contribution in [0.1, 0.15) is 23.2 Å². The molecule has 3 rings (SSSR count). The van der Waals surface area contributed by atoms with Crippen LogP contribution in [0.2, 0.25) is 0 Å². The minimum Gasteiger partial charge on any atom is -0.321 e. The quantitative estimate of drug-likeness (QED) is 0.701. The molecule has 0 atom stereocenters. The fraction of sp³-hybridized carbons (Fsp3) is 0.235. The lowest BCUT2D eigenvalue weighted by Crippen LogP contribution is -2.28. The molecular formula is C17H16Br2N2O3S. The van der Waals surface area contributed by atoms with Gasteiger partial charge in [-0.05, 0) is 65.2 Å². The van der Waals surface area contributed by atoms with Crippen molar-refractivity contribution < 1.29 is 13.2 Å². The van der Waals surface area contributed by atoms with E-state index in [2.05, 4.69) is 37.2 Å². The van der Waals surface area contributed by atoms with Gasteiger partial charge in [-0.25, -0.2) is 8.42 Å². The first-order chi connectivity index (χ1) is 11.9. The minimum atomic E-state index is -3.54. The molecule has 0 unspecified atom stereocenters. The molecule has 0 bridgehead atoms. The minimum absolute atomic E-state index is 0.150. The lowest BCUT2D eigenvalue weighted by molar-refractivity contribution is 0.102. The molecule has 2 aromatic carbocycles. The number of sulfonamides is 1. The SMILES string of the molecule is O=C(Nc1ccc(Br)cc1Br)c1cccc(S(=O)(=O)N2CCCC2)c1. The molecule has 1 heterocycles. The highest BCUT2D eigenvalue weighted by Crippen LogP contribution is 2.27. The van der Waals surface area contributed by atoms with Crippen LogP contribution in [0.15, 0.2) is 56.3 Å². The Kier molecular flexibility index (Phi) is 5.62. The zero-order valence-corrected chi connectivity index (χ0v) is 17.2. The Morgan fingerprint density at radius 1 is 1.04 bits per heavy atom. The van der Waals surface area contributed by atoms with Crippen molar-refractivity contribution in [3.8, 4) is 0 Å². The van der Waals surface area contributed by atoms with Crippen LogP contribution in [-0.2, 0) is 10.0 Å². The van der Waals surface area contributed by atoms with Gasteiger partial charge in [0.2, 0.25) is 10.0 Å². The number of amides is 1. The number of hydrogen-bond acceptors (Lipinski definition) is 3. The van der Waals surface area contributed by atoms with Crippen molar-refractivity contribution in [1.82, 2.24) is 4.31 Å². The second-order valence-corrected chi connectivity index (χ2v) is 9.43. The Balaban J connectivity index is 1.84. The first kappa shape index (κ1) is 18.6. The topological polar surface area (TPSA) is 66.5 Å². The maximum Gasteiger partial charge on any atom is 0.255 e. The average molecular weight is 488 g/mol. The predicted molar refractivity (Wildman–Crippen MR) is 104 cm³/mol. The summed E-state index contributed by atoms with van der Waals surface area (Å²) < 4.78 is 28.4. The zero-order valence-electron chi connectivity index (χ0n) is 13.2. The molecule has 1 amide bonds. The summed E-state index contributed by atoms with van der Waals surface area (Å²) in [5, 5.41) is 2.79. The molecule has 1 aliphatic heterocycles. The van der Waals surface area contributed by atoms with E-state index in [9.17, 15) is 13.2 Å². The number of nitrogens with one attached hydrogen (secondary N) is 1. The molecule has 0 spiro atoms. The molecule has 0 saturated carbocycles. The second kappa shape index (κ2) is 7.57. The molecule has 25 heavy (non-hydrogen) atoms. The number of anilines is 1. The molecule has 8 heteroatoms. The molecule has 5 nitrogen and oxygen atoms in total. The highest BCUT2D eigenvalue weighted by atomic mass is 79.9. The average Bonchev–Trinajstić information content (AvgIpc) is 3.13. The van der Waals surface area contributed by atoms with Gasteiger partial charge in [0, 0.05) is 27.6 Å². The summed E-state index contributed by atoms with van der Waals surface area (Å²) in [4.78, 5) is 12.6. The van der Waals surface area contributed by atoms with Gasteiger partial charge in [-0.3, -0.25) is 4.79 Å². The van der Waals surface area contributed by atoms with Crippen molar-refractivity contribution in [2.45, 2.75) is 17.7 Å². The third kappa shape index (κ3) is 4.13. The third-order valence-electron chi connectivity index (χ3n) is 3.98. The number of hydrogen-bond donors (Lipinski definition) is 1. The molecule has 2 aromatic rings. The maximum atomic E-state index is 12.6. The Bertz CT molecular complexity index is 910. The van der Waals surface area contributed by atoms with Gasteiger partial charge in [0.1, 0.15) is 0 Å². The zero-order chi connectivity index (χ0) is 18.0. The summed E-state index contributed by atoms with van der Waals surface area (Å²) in [5.74, 6) is -0.360. The van der Waals surface area contributed by atoms with Gasteiger partial charge in [-0.2, -0.15) is 4.31 Å². The number of halogens is 2. The van der Waals surface area contributed by atoms with E-state index in [1.165, 1.54) is 16.4 Å². The van der Waals surface area contributed by atoms with Gasteiger partial charge in [0.25, 0.3) is 5.91 Å². The Labute approximate surface area is 163 Å². The van der Waals surface area contributed by atoms with Crippen LogP contribution >= 0.6 is 31.9 Å². The number of nitrogens with zero attached hydrogens (tertiary/aromatic N) is 1. The number of carbonyl (C=O) groups excluding carboxylic acids is 1. The fourth-order valence-corrected chi connectivity index (χ4v) is 5.37. The number of carbonyl (C=O) groups is 1. The van der Waals surface area contributed by atoms with E-state index in [-0.39, 0.29) is 10.8 Å². The van der Waals surface area contributed by atoms with Gasteiger partial charge in [0.05, 0.1) is 10.6 Å². The van der Waals surface area contributed by atoms with Crippen LogP contribution in [0.3, 0.4) is 0 Å². The lowest BCUT2D eigenvalue weighted by Gasteiger charge is -2.16. The smallest absolute Gasteiger partial charge is 0.255 e. The molecule has 1 aliphatic rings. The maximum absolute atomic E-state index is 12.6. The van der Waals surface area contributed by atoms with Crippen molar-refractivity contribution in [2.24, 2.45) is 0 Å². The molecule has 0 radical (unpaired) electrons. The molecule has 1 N–H and O–H groups in total. The third-order valence-corrected chi connectivity index (χ3v) is 7.02. The Morgan fingerprint density at radius 3 is 2.44 bits per heavy atom. The van der Waals surface area contributed by atoms with Gasteiger partial charge in [-0.15, -0.1) is 0 Å². The number of rotatable bonds is 4. The summed E-state index contributed by atoms with van der Waals surface area (Å²) in [6.45, 7) is 1.06. The van der Waals surface area contributed by atoms with E-state index < -0.39 is 10.0 Å². The summed E-state index contributed by atoms with van der Waals surface area (Å²) in [6, 6.07) is 11.5. The summed E-state index contributed by atoms with van der Waals surface area (Å²) in [5.41, 5.74) is 0.913. The van der Waals surface area contributed by atoms with Crippen molar-refractivity contribution >= 4 is 53.5 Å². The highest BCUT2D eigenvalue weighted by molar-refractivity contribution is 9.11. The first-order valence-corrected chi connectivity index (χ1v) is 10.8. The monoisotopic (exact) mass is 486 g/mol. The summed E-state index contributed by atoms with van der Waals surface area (Å²) in [7, 11) is -3.54. The van der Waals surface area contributed by atoms with E-state index in [1.54, 1.807) is 18.2 Å². The van der Waals surface area contributed by atoms with Crippen LogP contribution in [0, 0.1) is 0 Å². The Hall–Kier alpha value is -1.22. The van der Waals surface area contributed by atoms with E-state index >= 15 is 0 Å². The van der Waals surface area contributed by atoms with Crippen molar-refractivity contribution in [3.63, 3.8) is 0 Å².